The van der Waals surface area contributed by atoms with Gasteiger partial charge in [0.2, 0.25) is 0 Å². The van der Waals surface area contributed by atoms with Gasteiger partial charge in [0.15, 0.2) is 0 Å². The first-order valence-electron chi connectivity index (χ1n) is 5.95. The summed E-state index contributed by atoms with van der Waals surface area (Å²) < 4.78 is 25.9. The zero-order valence-electron chi connectivity index (χ0n) is 9.72. The minimum Gasteiger partial charge on any atom is -0.286 e. The zero-order valence-corrected chi connectivity index (χ0v) is 11.7. The fraction of sp³-hybridized carbons (Fsp3) is 1.00. The van der Waals surface area contributed by atoms with Gasteiger partial charge >= 0.3 is 0 Å². The second-order valence-corrected chi connectivity index (χ2v) is 8.70. The van der Waals surface area contributed by atoms with Crippen LogP contribution in [0.5, 0.6) is 0 Å². The van der Waals surface area contributed by atoms with Gasteiger partial charge in [0.25, 0.3) is 10.1 Å². The Labute approximate surface area is 100 Å². The Morgan fingerprint density at radius 3 is 1.50 bits per heavy atom. The molecule has 1 atom stereocenters. The Morgan fingerprint density at radius 2 is 1.31 bits per heavy atom. The molecule has 0 aromatic heterocycles. The maximum Gasteiger partial charge on any atom is 0.261 e. The predicted molar refractivity (Wildman–Crippen MR) is 68.1 cm³/mol. The molecule has 4 bridgehead atoms. The molecule has 3 nitrogen and oxygen atoms in total. The van der Waals surface area contributed by atoms with Gasteiger partial charge in [0.1, 0.15) is 0 Å². The van der Waals surface area contributed by atoms with E-state index in [0.717, 1.165) is 22.9 Å². The molecule has 4 fully saturated rings. The van der Waals surface area contributed by atoms with Gasteiger partial charge in [-0.15, -0.1) is 9.24 Å². The average molecular weight is 264 g/mol. The third kappa shape index (κ3) is 3.41. The smallest absolute Gasteiger partial charge is 0.261 e. The number of rotatable bonds is 0. The molecule has 1 N–H and O–H groups in total. The van der Waals surface area contributed by atoms with Crippen molar-refractivity contribution < 1.29 is 13.0 Å². The minimum atomic E-state index is -3.67. The van der Waals surface area contributed by atoms with Crippen LogP contribution >= 0.6 is 9.24 Å². The lowest BCUT2D eigenvalue weighted by Gasteiger charge is -2.55. The molecule has 16 heavy (non-hydrogen) atoms. The van der Waals surface area contributed by atoms with Crippen LogP contribution in [0.15, 0.2) is 0 Å². The molecule has 5 heteroatoms. The van der Waals surface area contributed by atoms with Crippen LogP contribution in [-0.4, -0.2) is 24.4 Å². The summed E-state index contributed by atoms with van der Waals surface area (Å²) in [4.78, 5) is 0. The van der Waals surface area contributed by atoms with Crippen molar-refractivity contribution in [3.05, 3.63) is 0 Å². The Morgan fingerprint density at radius 1 is 1.06 bits per heavy atom. The van der Waals surface area contributed by atoms with E-state index < -0.39 is 10.1 Å². The molecule has 4 saturated carbocycles. The van der Waals surface area contributed by atoms with E-state index in [9.17, 15) is 8.42 Å². The summed E-state index contributed by atoms with van der Waals surface area (Å²) in [5, 5.41) is 0.717. The summed E-state index contributed by atoms with van der Waals surface area (Å²) in [5.41, 5.74) is 0. The number of hydrogen-bond donors (Lipinski definition) is 1. The van der Waals surface area contributed by atoms with E-state index in [1.807, 2.05) is 0 Å². The highest BCUT2D eigenvalue weighted by atomic mass is 32.2. The molecule has 4 aliphatic carbocycles. The van der Waals surface area contributed by atoms with Crippen LogP contribution in [0.3, 0.4) is 0 Å². The van der Waals surface area contributed by atoms with Crippen LogP contribution in [-0.2, 0) is 10.1 Å². The number of hydrogen-bond acceptors (Lipinski definition) is 2. The second-order valence-electron chi connectivity index (χ2n) is 6.01. The van der Waals surface area contributed by atoms with Crippen molar-refractivity contribution in [2.24, 2.45) is 17.8 Å². The average Bonchev–Trinajstić information content (AvgIpc) is 1.93. The van der Waals surface area contributed by atoms with Crippen LogP contribution < -0.4 is 0 Å². The van der Waals surface area contributed by atoms with Crippen LogP contribution in [0, 0.1) is 17.8 Å². The van der Waals surface area contributed by atoms with E-state index in [1.54, 1.807) is 19.3 Å². The predicted octanol–water partition coefficient (Wildman–Crippen LogP) is 2.33. The van der Waals surface area contributed by atoms with E-state index >= 15 is 0 Å². The molecule has 0 aromatic rings. The standard InChI is InChI=1S/C10H17P.CH4O3S/c11-10-4-7-1-8(5-10)3-9(2-7)6-10;1-5(2,3)4/h7-9H,1-6,11H2;1H3,(H,2,3,4). The van der Waals surface area contributed by atoms with Gasteiger partial charge in [-0.05, 0) is 61.4 Å². The van der Waals surface area contributed by atoms with Crippen molar-refractivity contribution in [2.75, 3.05) is 6.26 Å². The summed E-state index contributed by atoms with van der Waals surface area (Å²) >= 11 is 0. The highest BCUT2D eigenvalue weighted by Gasteiger charge is 2.48. The summed E-state index contributed by atoms with van der Waals surface area (Å²) in [6.07, 6.45) is 10.0. The van der Waals surface area contributed by atoms with Crippen molar-refractivity contribution in [1.82, 2.24) is 0 Å². The second kappa shape index (κ2) is 4.22. The fourth-order valence-corrected chi connectivity index (χ4v) is 5.18. The molecule has 0 spiro atoms. The van der Waals surface area contributed by atoms with Gasteiger partial charge in [-0.3, -0.25) is 4.55 Å². The molecule has 94 valence electrons. The summed E-state index contributed by atoms with van der Waals surface area (Å²) in [6.45, 7) is 0. The highest BCUT2D eigenvalue weighted by Crippen LogP contribution is 2.59. The molecule has 0 aromatic carbocycles. The lowest BCUT2D eigenvalue weighted by molar-refractivity contribution is 0.0379. The van der Waals surface area contributed by atoms with Crippen LogP contribution in [0.2, 0.25) is 0 Å². The van der Waals surface area contributed by atoms with E-state index in [4.69, 9.17) is 4.55 Å². The normalized spacial score (nSPS) is 45.1. The summed E-state index contributed by atoms with van der Waals surface area (Å²) in [7, 11) is -0.497. The highest BCUT2D eigenvalue weighted by molar-refractivity contribution is 7.85. The quantitative estimate of drug-likeness (QED) is 0.539. The topological polar surface area (TPSA) is 54.4 Å². The summed E-state index contributed by atoms with van der Waals surface area (Å²) in [6, 6.07) is 0. The third-order valence-corrected chi connectivity index (χ3v) is 4.79. The Kier molecular flexibility index (Phi) is 3.37. The first kappa shape index (κ1) is 12.8. The molecule has 4 rings (SSSR count). The van der Waals surface area contributed by atoms with E-state index in [1.165, 1.54) is 19.3 Å². The van der Waals surface area contributed by atoms with Crippen molar-refractivity contribution >= 4 is 19.4 Å². The maximum absolute atomic E-state index is 9.19. The SMILES string of the molecule is CS(=O)(=O)O.PC12CC3CC(CC(C3)C1)C2. The van der Waals surface area contributed by atoms with Gasteiger partial charge in [-0.25, -0.2) is 0 Å². The molecule has 0 aliphatic heterocycles. The lowest BCUT2D eigenvalue weighted by Crippen LogP contribution is -2.46. The van der Waals surface area contributed by atoms with Gasteiger partial charge in [0, 0.05) is 0 Å². The Bertz CT molecular complexity index is 320. The Hall–Kier alpha value is 0.340. The van der Waals surface area contributed by atoms with Gasteiger partial charge in [-0.2, -0.15) is 8.42 Å². The van der Waals surface area contributed by atoms with E-state index in [-0.39, 0.29) is 0 Å². The summed E-state index contributed by atoms with van der Waals surface area (Å²) in [5.74, 6) is 3.37. The molecule has 0 radical (unpaired) electrons. The lowest BCUT2D eigenvalue weighted by atomic mass is 9.56. The molecular formula is C11H21O3PS. The monoisotopic (exact) mass is 264 g/mol. The van der Waals surface area contributed by atoms with E-state index in [0.29, 0.717) is 6.26 Å². The molecule has 1 unspecified atom stereocenters. The fourth-order valence-electron chi connectivity index (χ4n) is 4.18. The zero-order chi connectivity index (χ0) is 12.0. The van der Waals surface area contributed by atoms with Gasteiger partial charge < -0.3 is 0 Å². The van der Waals surface area contributed by atoms with E-state index in [2.05, 4.69) is 9.24 Å². The van der Waals surface area contributed by atoms with Gasteiger partial charge in [0.05, 0.1) is 6.26 Å². The van der Waals surface area contributed by atoms with Crippen molar-refractivity contribution in [2.45, 2.75) is 43.7 Å². The molecule has 0 heterocycles. The molecule has 4 aliphatic rings. The van der Waals surface area contributed by atoms with Crippen molar-refractivity contribution in [3.8, 4) is 0 Å². The van der Waals surface area contributed by atoms with Crippen LogP contribution in [0.4, 0.5) is 0 Å². The molecule has 0 amide bonds. The first-order chi connectivity index (χ1) is 7.23. The third-order valence-electron chi connectivity index (χ3n) is 4.09. The van der Waals surface area contributed by atoms with Gasteiger partial charge in [-0.1, -0.05) is 0 Å². The minimum absolute atomic E-state index is 0.715. The Balaban J connectivity index is 0.000000168. The van der Waals surface area contributed by atoms with Crippen molar-refractivity contribution in [1.29, 1.82) is 0 Å². The van der Waals surface area contributed by atoms with Crippen LogP contribution in [0.1, 0.15) is 38.5 Å². The first-order valence-corrected chi connectivity index (χ1v) is 8.37. The maximum atomic E-state index is 9.19. The molecule has 0 saturated heterocycles. The van der Waals surface area contributed by atoms with Crippen LogP contribution in [0.25, 0.3) is 0 Å². The largest absolute Gasteiger partial charge is 0.286 e. The molecular weight excluding hydrogens is 243 g/mol. The van der Waals surface area contributed by atoms with Crippen molar-refractivity contribution in [3.63, 3.8) is 0 Å².